The average molecular weight is 275 g/mol. The molecule has 0 radical (unpaired) electrons. The van der Waals surface area contributed by atoms with E-state index >= 15 is 0 Å². The van der Waals surface area contributed by atoms with Crippen LogP contribution in [0.15, 0.2) is 24.3 Å². The maximum absolute atomic E-state index is 11.9. The Morgan fingerprint density at radius 2 is 2.05 bits per heavy atom. The molecule has 3 heteroatoms. The Kier molecular flexibility index (Phi) is 5.60. The van der Waals surface area contributed by atoms with Crippen molar-refractivity contribution >= 4 is 5.91 Å². The quantitative estimate of drug-likeness (QED) is 0.838. The van der Waals surface area contributed by atoms with Gasteiger partial charge in [-0.25, -0.2) is 0 Å². The molecule has 110 valence electrons. The molecular weight excluding hydrogens is 250 g/mol. The Labute approximate surface area is 121 Å². The highest BCUT2D eigenvalue weighted by Gasteiger charge is 2.26. The fourth-order valence-corrected chi connectivity index (χ4v) is 3.09. The van der Waals surface area contributed by atoms with E-state index in [2.05, 4.69) is 24.4 Å². The van der Waals surface area contributed by atoms with Crippen molar-refractivity contribution in [1.29, 1.82) is 0 Å². The number of aliphatic hydroxyl groups is 1. The fraction of sp³-hybridized carbons (Fsp3) is 0.588. The number of nitrogens with one attached hydrogen (secondary N) is 1. The summed E-state index contributed by atoms with van der Waals surface area (Å²) < 4.78 is 0. The first-order valence-electron chi connectivity index (χ1n) is 7.62. The van der Waals surface area contributed by atoms with Crippen molar-refractivity contribution in [2.45, 2.75) is 39.0 Å². The number of amides is 1. The Bertz CT molecular complexity index is 444. The van der Waals surface area contributed by atoms with Gasteiger partial charge in [-0.05, 0) is 49.1 Å². The van der Waals surface area contributed by atoms with Crippen molar-refractivity contribution in [2.24, 2.45) is 11.8 Å². The van der Waals surface area contributed by atoms with Crippen LogP contribution in [0.1, 0.15) is 36.8 Å². The van der Waals surface area contributed by atoms with Crippen LogP contribution in [0.4, 0.5) is 0 Å². The van der Waals surface area contributed by atoms with Gasteiger partial charge in [0.25, 0.3) is 0 Å². The molecule has 1 aromatic carbocycles. The molecule has 2 atom stereocenters. The first kappa shape index (κ1) is 15.0. The zero-order valence-electron chi connectivity index (χ0n) is 12.3. The molecule has 1 aliphatic rings. The molecule has 0 bridgehead atoms. The van der Waals surface area contributed by atoms with Crippen molar-refractivity contribution < 1.29 is 9.90 Å². The molecule has 2 N–H and O–H groups in total. The Balaban J connectivity index is 1.72. The Hall–Kier alpha value is -1.35. The molecule has 2 rings (SSSR count). The van der Waals surface area contributed by atoms with Gasteiger partial charge in [0.05, 0.1) is 0 Å². The summed E-state index contributed by atoms with van der Waals surface area (Å²) in [6.07, 6.45) is 4.74. The first-order chi connectivity index (χ1) is 9.70. The summed E-state index contributed by atoms with van der Waals surface area (Å²) in [7, 11) is 0. The van der Waals surface area contributed by atoms with Gasteiger partial charge < -0.3 is 10.4 Å². The Morgan fingerprint density at radius 3 is 2.80 bits per heavy atom. The van der Waals surface area contributed by atoms with Gasteiger partial charge in [0.2, 0.25) is 5.91 Å². The Morgan fingerprint density at radius 1 is 1.30 bits per heavy atom. The third-order valence-electron chi connectivity index (χ3n) is 4.50. The average Bonchev–Trinajstić information content (AvgIpc) is 2.91. The monoisotopic (exact) mass is 275 g/mol. The van der Waals surface area contributed by atoms with Crippen molar-refractivity contribution in [2.75, 3.05) is 13.2 Å². The zero-order chi connectivity index (χ0) is 14.4. The largest absolute Gasteiger partial charge is 0.396 e. The van der Waals surface area contributed by atoms with E-state index in [4.69, 9.17) is 0 Å². The standard InChI is InChI=1S/C17H25NO2/c1-13-5-2-3-6-14(13)9-10-17(20)18-11-15-7-4-8-16(15)12-19/h2-3,5-6,15-16,19H,4,7-12H2,1H3,(H,18,20). The van der Waals surface area contributed by atoms with E-state index in [1.165, 1.54) is 17.5 Å². The van der Waals surface area contributed by atoms with Crippen LogP contribution in [-0.4, -0.2) is 24.2 Å². The second-order valence-corrected chi connectivity index (χ2v) is 5.86. The molecule has 0 aliphatic heterocycles. The second-order valence-electron chi connectivity index (χ2n) is 5.86. The topological polar surface area (TPSA) is 49.3 Å². The lowest BCUT2D eigenvalue weighted by Crippen LogP contribution is -2.31. The predicted molar refractivity (Wildman–Crippen MR) is 80.4 cm³/mol. The van der Waals surface area contributed by atoms with Gasteiger partial charge in [-0.15, -0.1) is 0 Å². The molecule has 1 fully saturated rings. The molecule has 1 aliphatic carbocycles. The summed E-state index contributed by atoms with van der Waals surface area (Å²) in [6, 6.07) is 8.21. The van der Waals surface area contributed by atoms with Gasteiger partial charge in [0.1, 0.15) is 0 Å². The summed E-state index contributed by atoms with van der Waals surface area (Å²) in [5.41, 5.74) is 2.49. The highest BCUT2D eigenvalue weighted by molar-refractivity contribution is 5.76. The van der Waals surface area contributed by atoms with Crippen molar-refractivity contribution in [1.82, 2.24) is 5.32 Å². The smallest absolute Gasteiger partial charge is 0.220 e. The maximum atomic E-state index is 11.9. The van der Waals surface area contributed by atoms with Crippen LogP contribution in [0, 0.1) is 18.8 Å². The van der Waals surface area contributed by atoms with Crippen molar-refractivity contribution in [3.8, 4) is 0 Å². The number of benzene rings is 1. The molecule has 0 spiro atoms. The lowest BCUT2D eigenvalue weighted by atomic mass is 9.97. The molecule has 2 unspecified atom stereocenters. The summed E-state index contributed by atoms with van der Waals surface area (Å²) in [5.74, 6) is 0.964. The van der Waals surface area contributed by atoms with E-state index in [9.17, 15) is 9.90 Å². The van der Waals surface area contributed by atoms with Gasteiger partial charge in [-0.2, -0.15) is 0 Å². The summed E-state index contributed by atoms with van der Waals surface area (Å²) >= 11 is 0. The molecular formula is C17H25NO2. The SMILES string of the molecule is Cc1ccccc1CCC(=O)NCC1CCCC1CO. The number of carbonyl (C=O) groups excluding carboxylic acids is 1. The number of hydrogen-bond donors (Lipinski definition) is 2. The molecule has 0 heterocycles. The summed E-state index contributed by atoms with van der Waals surface area (Å²) in [5, 5.41) is 12.3. The molecule has 1 aromatic rings. The van der Waals surface area contributed by atoms with Crippen LogP contribution in [0.5, 0.6) is 0 Å². The number of carbonyl (C=O) groups is 1. The van der Waals surface area contributed by atoms with E-state index in [1.54, 1.807) is 0 Å². The molecule has 3 nitrogen and oxygen atoms in total. The van der Waals surface area contributed by atoms with Crippen LogP contribution in [0.3, 0.4) is 0 Å². The third-order valence-corrected chi connectivity index (χ3v) is 4.50. The van der Waals surface area contributed by atoms with Crippen LogP contribution in [0.25, 0.3) is 0 Å². The molecule has 20 heavy (non-hydrogen) atoms. The van der Waals surface area contributed by atoms with Crippen molar-refractivity contribution in [3.05, 3.63) is 35.4 Å². The maximum Gasteiger partial charge on any atom is 0.220 e. The lowest BCUT2D eigenvalue weighted by Gasteiger charge is -2.17. The van der Waals surface area contributed by atoms with E-state index in [-0.39, 0.29) is 12.5 Å². The second kappa shape index (κ2) is 7.44. The molecule has 0 aromatic heterocycles. The number of aliphatic hydroxyl groups excluding tert-OH is 1. The van der Waals surface area contributed by atoms with E-state index < -0.39 is 0 Å². The number of rotatable bonds is 6. The summed E-state index contributed by atoms with van der Waals surface area (Å²) in [4.78, 5) is 11.9. The number of aryl methyl sites for hydroxylation is 2. The van der Waals surface area contributed by atoms with Crippen LogP contribution >= 0.6 is 0 Å². The molecule has 0 saturated heterocycles. The highest BCUT2D eigenvalue weighted by Crippen LogP contribution is 2.30. The van der Waals surface area contributed by atoms with Gasteiger partial charge in [-0.1, -0.05) is 30.7 Å². The van der Waals surface area contributed by atoms with Crippen molar-refractivity contribution in [3.63, 3.8) is 0 Å². The summed E-state index contributed by atoms with van der Waals surface area (Å²) in [6.45, 7) is 3.05. The fourth-order valence-electron chi connectivity index (χ4n) is 3.09. The third kappa shape index (κ3) is 4.07. The zero-order valence-corrected chi connectivity index (χ0v) is 12.3. The van der Waals surface area contributed by atoms with E-state index in [0.29, 0.717) is 18.3 Å². The van der Waals surface area contributed by atoms with Crippen LogP contribution in [-0.2, 0) is 11.2 Å². The highest BCUT2D eigenvalue weighted by atomic mass is 16.3. The predicted octanol–water partition coefficient (Wildman–Crippen LogP) is 2.45. The molecule has 1 saturated carbocycles. The van der Waals surface area contributed by atoms with Crippen LogP contribution in [0.2, 0.25) is 0 Å². The number of hydrogen-bond acceptors (Lipinski definition) is 2. The first-order valence-corrected chi connectivity index (χ1v) is 7.62. The molecule has 1 amide bonds. The van der Waals surface area contributed by atoms with Gasteiger partial charge in [-0.3, -0.25) is 4.79 Å². The van der Waals surface area contributed by atoms with E-state index in [1.807, 2.05) is 12.1 Å². The van der Waals surface area contributed by atoms with Gasteiger partial charge >= 0.3 is 0 Å². The van der Waals surface area contributed by atoms with E-state index in [0.717, 1.165) is 25.8 Å². The minimum absolute atomic E-state index is 0.122. The van der Waals surface area contributed by atoms with Gasteiger partial charge in [0.15, 0.2) is 0 Å². The minimum Gasteiger partial charge on any atom is -0.396 e. The van der Waals surface area contributed by atoms with Crippen LogP contribution < -0.4 is 5.32 Å². The normalized spacial score (nSPS) is 21.9. The van der Waals surface area contributed by atoms with Gasteiger partial charge in [0, 0.05) is 19.6 Å². The minimum atomic E-state index is 0.122. The lowest BCUT2D eigenvalue weighted by molar-refractivity contribution is -0.121.